The molecule has 0 aliphatic rings. The summed E-state index contributed by atoms with van der Waals surface area (Å²) in [7, 11) is 0. The van der Waals surface area contributed by atoms with E-state index in [0.717, 1.165) is 17.7 Å². The molecule has 2 nitrogen and oxygen atoms in total. The Morgan fingerprint density at radius 3 is 2.38 bits per heavy atom. The number of rotatable bonds is 2. The lowest BCUT2D eigenvalue weighted by atomic mass is 10.1. The van der Waals surface area contributed by atoms with E-state index in [1.54, 1.807) is 19.1 Å². The van der Waals surface area contributed by atoms with Gasteiger partial charge in [0, 0.05) is 0 Å². The van der Waals surface area contributed by atoms with Gasteiger partial charge in [-0.25, -0.2) is 9.18 Å². The monoisotopic (exact) mass is 298 g/mol. The van der Waals surface area contributed by atoms with Crippen LogP contribution in [0.4, 0.5) is 17.6 Å². The molecular formula is C15H10F4O2. The van der Waals surface area contributed by atoms with E-state index in [1.165, 1.54) is 12.1 Å². The summed E-state index contributed by atoms with van der Waals surface area (Å²) in [5.74, 6) is -2.61. The van der Waals surface area contributed by atoms with Crippen molar-refractivity contribution < 1.29 is 27.1 Å². The SMILES string of the molecule is Cc1cccc(OC(=O)c2c(F)cccc2C(F)(F)F)c1. The first-order valence-corrected chi connectivity index (χ1v) is 5.93. The van der Waals surface area contributed by atoms with Crippen molar-refractivity contribution >= 4 is 5.97 Å². The molecule has 0 fully saturated rings. The molecule has 0 saturated carbocycles. The van der Waals surface area contributed by atoms with E-state index in [2.05, 4.69) is 0 Å². The van der Waals surface area contributed by atoms with E-state index in [9.17, 15) is 22.4 Å². The second-order valence-electron chi connectivity index (χ2n) is 4.37. The van der Waals surface area contributed by atoms with Crippen LogP contribution in [0.2, 0.25) is 0 Å². The van der Waals surface area contributed by atoms with Gasteiger partial charge in [0.25, 0.3) is 0 Å². The number of esters is 1. The van der Waals surface area contributed by atoms with Crippen molar-refractivity contribution in [3.63, 3.8) is 0 Å². The predicted molar refractivity (Wildman–Crippen MR) is 67.5 cm³/mol. The Labute approximate surface area is 118 Å². The molecule has 6 heteroatoms. The van der Waals surface area contributed by atoms with Crippen LogP contribution in [0.15, 0.2) is 42.5 Å². The van der Waals surface area contributed by atoms with Crippen LogP contribution in [0.5, 0.6) is 5.75 Å². The van der Waals surface area contributed by atoms with E-state index in [0.29, 0.717) is 6.07 Å². The lowest BCUT2D eigenvalue weighted by molar-refractivity contribution is -0.138. The standard InChI is InChI=1S/C15H10F4O2/c1-9-4-2-5-10(8-9)21-14(20)13-11(15(17,18)19)6-3-7-12(13)16/h2-8H,1H3. The second kappa shape index (κ2) is 5.55. The van der Waals surface area contributed by atoms with Crippen LogP contribution >= 0.6 is 0 Å². The molecule has 21 heavy (non-hydrogen) atoms. The van der Waals surface area contributed by atoms with Crippen LogP contribution in [-0.2, 0) is 6.18 Å². The Balaban J connectivity index is 2.40. The Hall–Kier alpha value is -2.37. The minimum atomic E-state index is -4.84. The fourth-order valence-corrected chi connectivity index (χ4v) is 1.80. The molecule has 0 aliphatic carbocycles. The Morgan fingerprint density at radius 1 is 1.10 bits per heavy atom. The van der Waals surface area contributed by atoms with Crippen LogP contribution in [0, 0.1) is 12.7 Å². The van der Waals surface area contributed by atoms with Crippen molar-refractivity contribution in [1.82, 2.24) is 0 Å². The second-order valence-corrected chi connectivity index (χ2v) is 4.37. The van der Waals surface area contributed by atoms with E-state index in [4.69, 9.17) is 4.74 Å². The summed E-state index contributed by atoms with van der Waals surface area (Å²) in [6, 6.07) is 8.47. The first kappa shape index (κ1) is 15.0. The largest absolute Gasteiger partial charge is 0.423 e. The molecule has 0 amide bonds. The maximum atomic E-state index is 13.6. The zero-order valence-corrected chi connectivity index (χ0v) is 10.9. The molecule has 0 unspecified atom stereocenters. The minimum absolute atomic E-state index is 0.0522. The lowest BCUT2D eigenvalue weighted by Gasteiger charge is -2.13. The Kier molecular flexibility index (Phi) is 3.97. The summed E-state index contributed by atoms with van der Waals surface area (Å²) >= 11 is 0. The van der Waals surface area contributed by atoms with Gasteiger partial charge >= 0.3 is 12.1 Å². The molecule has 2 rings (SSSR count). The highest BCUT2D eigenvalue weighted by atomic mass is 19.4. The lowest BCUT2D eigenvalue weighted by Crippen LogP contribution is -2.18. The number of hydrogen-bond donors (Lipinski definition) is 0. The number of carbonyl (C=O) groups is 1. The van der Waals surface area contributed by atoms with Crippen molar-refractivity contribution in [2.45, 2.75) is 13.1 Å². The molecule has 0 spiro atoms. The van der Waals surface area contributed by atoms with Gasteiger partial charge in [-0.1, -0.05) is 18.2 Å². The van der Waals surface area contributed by atoms with Crippen LogP contribution in [0.1, 0.15) is 21.5 Å². The summed E-state index contributed by atoms with van der Waals surface area (Å²) in [6.45, 7) is 1.72. The predicted octanol–water partition coefficient (Wildman–Crippen LogP) is 4.37. The van der Waals surface area contributed by atoms with Crippen LogP contribution < -0.4 is 4.74 Å². The molecular weight excluding hydrogens is 288 g/mol. The zero-order valence-electron chi connectivity index (χ0n) is 10.9. The molecule has 0 aliphatic heterocycles. The zero-order chi connectivity index (χ0) is 15.6. The van der Waals surface area contributed by atoms with Crippen molar-refractivity contribution in [2.24, 2.45) is 0 Å². The molecule has 0 aromatic heterocycles. The van der Waals surface area contributed by atoms with Gasteiger partial charge in [0.1, 0.15) is 17.1 Å². The number of carbonyl (C=O) groups excluding carboxylic acids is 1. The van der Waals surface area contributed by atoms with E-state index >= 15 is 0 Å². The van der Waals surface area contributed by atoms with Crippen LogP contribution in [-0.4, -0.2) is 5.97 Å². The molecule has 0 heterocycles. The highest BCUT2D eigenvalue weighted by molar-refractivity contribution is 5.93. The molecule has 110 valence electrons. The number of benzene rings is 2. The first-order valence-electron chi connectivity index (χ1n) is 5.93. The van der Waals surface area contributed by atoms with Gasteiger partial charge in [-0.05, 0) is 36.8 Å². The fourth-order valence-electron chi connectivity index (χ4n) is 1.80. The van der Waals surface area contributed by atoms with E-state index in [-0.39, 0.29) is 5.75 Å². The Morgan fingerprint density at radius 2 is 1.76 bits per heavy atom. The highest BCUT2D eigenvalue weighted by Crippen LogP contribution is 2.33. The molecule has 0 saturated heterocycles. The third kappa shape index (κ3) is 3.39. The number of alkyl halides is 3. The normalized spacial score (nSPS) is 11.3. The third-order valence-electron chi connectivity index (χ3n) is 2.72. The fraction of sp³-hybridized carbons (Fsp3) is 0.133. The average Bonchev–Trinajstić information content (AvgIpc) is 2.37. The topological polar surface area (TPSA) is 26.3 Å². The maximum Gasteiger partial charge on any atom is 0.417 e. The number of halogens is 4. The van der Waals surface area contributed by atoms with E-state index in [1.807, 2.05) is 0 Å². The van der Waals surface area contributed by atoms with Crippen molar-refractivity contribution in [1.29, 1.82) is 0 Å². The van der Waals surface area contributed by atoms with Gasteiger partial charge in [-0.2, -0.15) is 13.2 Å². The van der Waals surface area contributed by atoms with Gasteiger partial charge in [-0.15, -0.1) is 0 Å². The molecule has 2 aromatic rings. The summed E-state index contributed by atoms with van der Waals surface area (Å²) < 4.78 is 56.9. The van der Waals surface area contributed by atoms with E-state index < -0.39 is 29.1 Å². The highest BCUT2D eigenvalue weighted by Gasteiger charge is 2.37. The number of hydrogen-bond acceptors (Lipinski definition) is 2. The van der Waals surface area contributed by atoms with Crippen molar-refractivity contribution in [2.75, 3.05) is 0 Å². The summed E-state index contributed by atoms with van der Waals surface area (Å²) in [6.07, 6.45) is -4.84. The van der Waals surface area contributed by atoms with Gasteiger partial charge in [0.2, 0.25) is 0 Å². The van der Waals surface area contributed by atoms with Crippen molar-refractivity contribution in [3.05, 3.63) is 65.0 Å². The van der Waals surface area contributed by atoms with Crippen LogP contribution in [0.25, 0.3) is 0 Å². The van der Waals surface area contributed by atoms with Gasteiger partial charge < -0.3 is 4.74 Å². The van der Waals surface area contributed by atoms with Gasteiger partial charge in [-0.3, -0.25) is 0 Å². The van der Waals surface area contributed by atoms with Crippen LogP contribution in [0.3, 0.4) is 0 Å². The molecule has 2 aromatic carbocycles. The number of ether oxygens (including phenoxy) is 1. The summed E-state index contributed by atoms with van der Waals surface area (Å²) in [4.78, 5) is 11.9. The quantitative estimate of drug-likeness (QED) is 0.467. The van der Waals surface area contributed by atoms with Crippen molar-refractivity contribution in [3.8, 4) is 5.75 Å². The summed E-state index contributed by atoms with van der Waals surface area (Å²) in [5, 5.41) is 0. The number of aryl methyl sites for hydroxylation is 1. The smallest absolute Gasteiger partial charge is 0.417 e. The molecule has 0 bridgehead atoms. The molecule has 0 radical (unpaired) electrons. The maximum absolute atomic E-state index is 13.6. The third-order valence-corrected chi connectivity index (χ3v) is 2.72. The Bertz CT molecular complexity index is 678. The molecule has 0 atom stereocenters. The first-order chi connectivity index (χ1) is 9.79. The molecule has 0 N–H and O–H groups in total. The van der Waals surface area contributed by atoms with Gasteiger partial charge in [0.05, 0.1) is 5.56 Å². The van der Waals surface area contributed by atoms with Gasteiger partial charge in [0.15, 0.2) is 0 Å². The summed E-state index contributed by atoms with van der Waals surface area (Å²) in [5.41, 5.74) is -1.73. The average molecular weight is 298 g/mol. The minimum Gasteiger partial charge on any atom is -0.423 e.